The fourth-order valence-electron chi connectivity index (χ4n) is 5.07. The van der Waals surface area contributed by atoms with Crippen LogP contribution in [-0.4, -0.2) is 68.8 Å². The van der Waals surface area contributed by atoms with Gasteiger partial charge >= 0.3 is 0 Å². The van der Waals surface area contributed by atoms with Gasteiger partial charge in [0.2, 0.25) is 0 Å². The molecule has 5 N–H and O–H groups in total. The zero-order valence-electron chi connectivity index (χ0n) is 19.6. The maximum absolute atomic E-state index is 10.5. The number of benzene rings is 2. The second kappa shape index (κ2) is 10.7. The molecule has 2 aromatic carbocycles. The number of hydrogen-bond acceptors (Lipinski definition) is 7. The molecule has 1 saturated carbocycles. The Morgan fingerprint density at radius 3 is 2.26 bits per heavy atom. The first-order valence-corrected chi connectivity index (χ1v) is 12.1. The predicted molar refractivity (Wildman–Crippen MR) is 127 cm³/mol. The van der Waals surface area contributed by atoms with Crippen molar-refractivity contribution < 1.29 is 35.0 Å². The largest absolute Gasteiger partial charge is 0.485 e. The van der Waals surface area contributed by atoms with E-state index in [0.29, 0.717) is 12.0 Å². The Labute approximate surface area is 200 Å². The summed E-state index contributed by atoms with van der Waals surface area (Å²) in [4.78, 5) is 0. The highest BCUT2D eigenvalue weighted by Gasteiger charge is 2.44. The predicted octanol–water partition coefficient (Wildman–Crippen LogP) is 2.17. The molecule has 1 aliphatic carbocycles. The quantitative estimate of drug-likeness (QED) is 0.419. The van der Waals surface area contributed by atoms with Crippen LogP contribution in [0.1, 0.15) is 60.5 Å². The molecule has 1 saturated heterocycles. The highest BCUT2D eigenvalue weighted by molar-refractivity contribution is 5.38. The Morgan fingerprint density at radius 1 is 0.912 bits per heavy atom. The van der Waals surface area contributed by atoms with Crippen molar-refractivity contribution in [2.45, 2.75) is 81.6 Å². The number of hydrogen-bond donors (Lipinski definition) is 5. The summed E-state index contributed by atoms with van der Waals surface area (Å²) < 4.78 is 11.9. The first kappa shape index (κ1) is 25.1. The van der Waals surface area contributed by atoms with Gasteiger partial charge in [-0.15, -0.1) is 0 Å². The van der Waals surface area contributed by atoms with Gasteiger partial charge in [0.25, 0.3) is 0 Å². The van der Waals surface area contributed by atoms with Crippen LogP contribution in [0.25, 0.3) is 0 Å². The van der Waals surface area contributed by atoms with Gasteiger partial charge in [-0.2, -0.15) is 0 Å². The molecule has 7 heteroatoms. The molecule has 34 heavy (non-hydrogen) atoms. The Morgan fingerprint density at radius 2 is 1.62 bits per heavy atom. The molecule has 2 aromatic rings. The second-order valence-electron chi connectivity index (χ2n) is 9.76. The molecule has 0 radical (unpaired) electrons. The van der Waals surface area contributed by atoms with E-state index in [1.807, 2.05) is 49.4 Å². The highest BCUT2D eigenvalue weighted by Crippen LogP contribution is 2.35. The van der Waals surface area contributed by atoms with Crippen LogP contribution in [0.5, 0.6) is 5.75 Å². The summed E-state index contributed by atoms with van der Waals surface area (Å²) in [6.07, 6.45) is -0.143. The summed E-state index contributed by atoms with van der Waals surface area (Å²) in [6.45, 7) is 1.59. The number of aryl methyl sites for hydroxylation is 1. The van der Waals surface area contributed by atoms with Gasteiger partial charge in [0.1, 0.15) is 41.9 Å². The SMILES string of the molecule is Cc1ccc([C@@H]2O[C@H](CO)[C@@H](O)[C@H](O)[C@H]2O)cc1Cc1ccc(OC2(CO)CCCCC2)cc1. The normalized spacial score (nSPS) is 29.1. The first-order valence-electron chi connectivity index (χ1n) is 12.1. The third kappa shape index (κ3) is 5.30. The van der Waals surface area contributed by atoms with E-state index in [2.05, 4.69) is 0 Å². The van der Waals surface area contributed by atoms with E-state index in [9.17, 15) is 25.5 Å². The van der Waals surface area contributed by atoms with Gasteiger partial charge in [-0.25, -0.2) is 0 Å². The lowest BCUT2D eigenvalue weighted by Gasteiger charge is -2.40. The van der Waals surface area contributed by atoms with Gasteiger partial charge in [-0.1, -0.05) is 36.8 Å². The molecule has 0 bridgehead atoms. The lowest BCUT2D eigenvalue weighted by Crippen LogP contribution is -2.55. The summed E-state index contributed by atoms with van der Waals surface area (Å²) in [5.41, 5.74) is 3.41. The molecular weight excluding hydrogens is 436 g/mol. The zero-order valence-corrected chi connectivity index (χ0v) is 19.6. The van der Waals surface area contributed by atoms with Gasteiger partial charge in [0.05, 0.1) is 13.2 Å². The summed E-state index contributed by atoms with van der Waals surface area (Å²) in [5.74, 6) is 0.756. The van der Waals surface area contributed by atoms with Crippen LogP contribution < -0.4 is 4.74 Å². The molecule has 4 rings (SSSR count). The fourth-order valence-corrected chi connectivity index (χ4v) is 5.07. The molecule has 0 unspecified atom stereocenters. The van der Waals surface area contributed by atoms with Gasteiger partial charge in [-0.05, 0) is 73.4 Å². The Balaban J connectivity index is 1.48. The van der Waals surface area contributed by atoms with Crippen molar-refractivity contribution in [1.29, 1.82) is 0 Å². The van der Waals surface area contributed by atoms with Gasteiger partial charge in [0, 0.05) is 0 Å². The monoisotopic (exact) mass is 472 g/mol. The molecule has 2 aliphatic rings. The topological polar surface area (TPSA) is 120 Å². The summed E-state index contributed by atoms with van der Waals surface area (Å²) in [6, 6.07) is 13.6. The number of aliphatic hydroxyl groups excluding tert-OH is 5. The maximum Gasteiger partial charge on any atom is 0.132 e. The molecule has 0 spiro atoms. The molecule has 0 amide bonds. The molecule has 7 nitrogen and oxygen atoms in total. The minimum Gasteiger partial charge on any atom is -0.485 e. The zero-order chi connectivity index (χ0) is 24.3. The van der Waals surface area contributed by atoms with Crippen LogP contribution in [-0.2, 0) is 11.2 Å². The molecular formula is C27H36O7. The van der Waals surface area contributed by atoms with Crippen molar-refractivity contribution in [3.05, 3.63) is 64.7 Å². The molecule has 2 fully saturated rings. The minimum atomic E-state index is -1.40. The smallest absolute Gasteiger partial charge is 0.132 e. The van der Waals surface area contributed by atoms with E-state index in [-0.39, 0.29) is 6.61 Å². The average Bonchev–Trinajstić information content (AvgIpc) is 2.86. The molecule has 1 heterocycles. The third-order valence-corrected chi connectivity index (χ3v) is 7.30. The van der Waals surface area contributed by atoms with E-state index in [1.54, 1.807) is 0 Å². The van der Waals surface area contributed by atoms with E-state index < -0.39 is 42.7 Å². The lowest BCUT2D eigenvalue weighted by atomic mass is 9.85. The van der Waals surface area contributed by atoms with Gasteiger partial charge < -0.3 is 35.0 Å². The van der Waals surface area contributed by atoms with Crippen molar-refractivity contribution in [2.75, 3.05) is 13.2 Å². The van der Waals surface area contributed by atoms with Gasteiger partial charge in [-0.3, -0.25) is 0 Å². The van der Waals surface area contributed by atoms with Crippen LogP contribution >= 0.6 is 0 Å². The van der Waals surface area contributed by atoms with Crippen LogP contribution in [0, 0.1) is 6.92 Å². The molecule has 186 valence electrons. The first-order chi connectivity index (χ1) is 16.4. The Bertz CT molecular complexity index is 936. The second-order valence-corrected chi connectivity index (χ2v) is 9.76. The van der Waals surface area contributed by atoms with Crippen LogP contribution in [0.3, 0.4) is 0 Å². The molecule has 0 aromatic heterocycles. The van der Waals surface area contributed by atoms with Crippen LogP contribution in [0.2, 0.25) is 0 Å². The number of aliphatic hydroxyl groups is 5. The molecule has 5 atom stereocenters. The summed E-state index contributed by atoms with van der Waals surface area (Å²) >= 11 is 0. The minimum absolute atomic E-state index is 0.0265. The van der Waals surface area contributed by atoms with Crippen molar-refractivity contribution in [2.24, 2.45) is 0 Å². The van der Waals surface area contributed by atoms with E-state index >= 15 is 0 Å². The lowest BCUT2D eigenvalue weighted by molar-refractivity contribution is -0.231. The highest BCUT2D eigenvalue weighted by atomic mass is 16.5. The average molecular weight is 473 g/mol. The van der Waals surface area contributed by atoms with E-state index in [4.69, 9.17) is 9.47 Å². The van der Waals surface area contributed by atoms with Crippen LogP contribution in [0.15, 0.2) is 42.5 Å². The Hall–Kier alpha value is -2.00. The van der Waals surface area contributed by atoms with Crippen molar-refractivity contribution in [3.63, 3.8) is 0 Å². The summed E-state index contributed by atoms with van der Waals surface area (Å²) in [7, 11) is 0. The standard InChI is InChI=1S/C27H36O7/c1-17-5-8-19(26-25(32)24(31)23(30)22(15-28)33-26)14-20(17)13-18-6-9-21(10-7-18)34-27(16-29)11-3-2-4-12-27/h5-10,14,22-26,28-32H,2-4,11-13,15-16H2,1H3/t22-,23-,24+,25-,26+/m1/s1. The fraction of sp³-hybridized carbons (Fsp3) is 0.556. The number of ether oxygens (including phenoxy) is 2. The van der Waals surface area contributed by atoms with E-state index in [0.717, 1.165) is 48.1 Å². The van der Waals surface area contributed by atoms with E-state index in [1.165, 1.54) is 6.42 Å². The van der Waals surface area contributed by atoms with Crippen LogP contribution in [0.4, 0.5) is 0 Å². The third-order valence-electron chi connectivity index (χ3n) is 7.30. The van der Waals surface area contributed by atoms with Gasteiger partial charge in [0.15, 0.2) is 0 Å². The van der Waals surface area contributed by atoms with Crippen molar-refractivity contribution in [3.8, 4) is 5.75 Å². The van der Waals surface area contributed by atoms with Crippen molar-refractivity contribution in [1.82, 2.24) is 0 Å². The summed E-state index contributed by atoms with van der Waals surface area (Å²) in [5, 5.41) is 50.1. The molecule has 1 aliphatic heterocycles. The van der Waals surface area contributed by atoms with Crippen molar-refractivity contribution >= 4 is 0 Å². The number of rotatable bonds is 7. The Kier molecular flexibility index (Phi) is 7.92. The maximum atomic E-state index is 10.5.